The van der Waals surface area contributed by atoms with E-state index < -0.39 is 0 Å². The first-order valence-corrected chi connectivity index (χ1v) is 3.31. The number of benzene rings is 1. The van der Waals surface area contributed by atoms with Crippen LogP contribution in [0.4, 0.5) is 0 Å². The number of phenols is 1. The standard InChI is InChI=1S/C8H8O2/c9-7-3-1-2-6-4-5-10-8(6)7/h1-3,9H,4-5H2. The van der Waals surface area contributed by atoms with Crippen molar-refractivity contribution in [2.75, 3.05) is 6.61 Å². The van der Waals surface area contributed by atoms with Crippen molar-refractivity contribution >= 4 is 0 Å². The van der Waals surface area contributed by atoms with Gasteiger partial charge in [0.1, 0.15) is 0 Å². The molecule has 2 heteroatoms. The minimum absolute atomic E-state index is 0.259. The second-order valence-electron chi connectivity index (χ2n) is 2.36. The zero-order valence-electron chi connectivity index (χ0n) is 5.50. The summed E-state index contributed by atoms with van der Waals surface area (Å²) in [7, 11) is 0. The first-order valence-electron chi connectivity index (χ1n) is 3.31. The van der Waals surface area contributed by atoms with Crippen LogP contribution >= 0.6 is 0 Å². The number of rotatable bonds is 0. The Hall–Kier alpha value is -1.18. The van der Waals surface area contributed by atoms with Gasteiger partial charge >= 0.3 is 0 Å². The lowest BCUT2D eigenvalue weighted by Crippen LogP contribution is -1.86. The van der Waals surface area contributed by atoms with Crippen molar-refractivity contribution in [3.63, 3.8) is 0 Å². The van der Waals surface area contributed by atoms with E-state index in [1.54, 1.807) is 6.07 Å². The maximum Gasteiger partial charge on any atom is 0.164 e. The monoisotopic (exact) mass is 136 g/mol. The van der Waals surface area contributed by atoms with Crippen LogP contribution in [0.25, 0.3) is 0 Å². The highest BCUT2D eigenvalue weighted by Gasteiger charge is 2.14. The Morgan fingerprint density at radius 3 is 3.10 bits per heavy atom. The number of para-hydroxylation sites is 1. The summed E-state index contributed by atoms with van der Waals surface area (Å²) in [4.78, 5) is 0. The summed E-state index contributed by atoms with van der Waals surface area (Å²) in [5.74, 6) is 0.928. The van der Waals surface area contributed by atoms with Gasteiger partial charge in [-0.15, -0.1) is 0 Å². The fourth-order valence-electron chi connectivity index (χ4n) is 1.20. The lowest BCUT2D eigenvalue weighted by atomic mass is 10.2. The van der Waals surface area contributed by atoms with E-state index in [0.717, 1.165) is 12.0 Å². The first-order chi connectivity index (χ1) is 4.88. The Balaban J connectivity index is 2.59. The van der Waals surface area contributed by atoms with E-state index in [2.05, 4.69) is 0 Å². The van der Waals surface area contributed by atoms with Gasteiger partial charge in [0.25, 0.3) is 0 Å². The Bertz CT molecular complexity index is 255. The molecule has 0 unspecified atom stereocenters. The molecule has 0 spiro atoms. The quantitative estimate of drug-likeness (QED) is 0.583. The van der Waals surface area contributed by atoms with Crippen molar-refractivity contribution in [3.8, 4) is 11.5 Å². The van der Waals surface area contributed by atoms with E-state index in [-0.39, 0.29) is 5.75 Å². The number of ether oxygens (including phenoxy) is 1. The topological polar surface area (TPSA) is 29.5 Å². The molecule has 0 radical (unpaired) electrons. The predicted octanol–water partition coefficient (Wildman–Crippen LogP) is 1.33. The molecular formula is C8H8O2. The summed E-state index contributed by atoms with van der Waals surface area (Å²) in [6, 6.07) is 5.45. The molecule has 1 N–H and O–H groups in total. The molecule has 1 aromatic carbocycles. The summed E-state index contributed by atoms with van der Waals surface area (Å²) < 4.78 is 5.18. The Morgan fingerprint density at radius 2 is 2.30 bits per heavy atom. The number of hydrogen-bond donors (Lipinski definition) is 1. The highest BCUT2D eigenvalue weighted by molar-refractivity contribution is 5.47. The van der Waals surface area contributed by atoms with E-state index in [9.17, 15) is 5.11 Å². The molecule has 0 aromatic heterocycles. The van der Waals surface area contributed by atoms with Crippen LogP contribution in [0.1, 0.15) is 5.56 Å². The molecule has 1 aromatic rings. The van der Waals surface area contributed by atoms with Crippen molar-refractivity contribution in [1.82, 2.24) is 0 Å². The maximum absolute atomic E-state index is 9.21. The van der Waals surface area contributed by atoms with Crippen LogP contribution in [0.5, 0.6) is 11.5 Å². The highest BCUT2D eigenvalue weighted by Crippen LogP contribution is 2.33. The lowest BCUT2D eigenvalue weighted by Gasteiger charge is -1.99. The second-order valence-corrected chi connectivity index (χ2v) is 2.36. The Labute approximate surface area is 59.1 Å². The molecule has 0 saturated carbocycles. The summed E-state index contributed by atoms with van der Waals surface area (Å²) >= 11 is 0. The minimum Gasteiger partial charge on any atom is -0.504 e. The van der Waals surface area contributed by atoms with Gasteiger partial charge in [0.2, 0.25) is 0 Å². The molecule has 0 saturated heterocycles. The van der Waals surface area contributed by atoms with Crippen LogP contribution in [0, 0.1) is 0 Å². The molecule has 2 rings (SSSR count). The van der Waals surface area contributed by atoms with Gasteiger partial charge in [-0.05, 0) is 6.07 Å². The third-order valence-electron chi connectivity index (χ3n) is 1.69. The fourth-order valence-corrected chi connectivity index (χ4v) is 1.20. The summed E-state index contributed by atoms with van der Waals surface area (Å²) in [6.07, 6.45) is 0.920. The lowest BCUT2D eigenvalue weighted by molar-refractivity contribution is 0.334. The highest BCUT2D eigenvalue weighted by atomic mass is 16.5. The Morgan fingerprint density at radius 1 is 1.40 bits per heavy atom. The van der Waals surface area contributed by atoms with Gasteiger partial charge < -0.3 is 9.84 Å². The van der Waals surface area contributed by atoms with E-state index in [0.29, 0.717) is 12.4 Å². The van der Waals surface area contributed by atoms with Crippen molar-refractivity contribution in [3.05, 3.63) is 23.8 Å². The Kier molecular flexibility index (Phi) is 1.07. The molecular weight excluding hydrogens is 128 g/mol. The van der Waals surface area contributed by atoms with Gasteiger partial charge in [0, 0.05) is 12.0 Å². The summed E-state index contributed by atoms with van der Waals surface area (Å²) in [6.45, 7) is 0.701. The van der Waals surface area contributed by atoms with E-state index in [1.165, 1.54) is 0 Å². The van der Waals surface area contributed by atoms with Crippen LogP contribution in [-0.4, -0.2) is 11.7 Å². The molecule has 0 aliphatic carbocycles. The van der Waals surface area contributed by atoms with Gasteiger partial charge in [0.05, 0.1) is 6.61 Å². The van der Waals surface area contributed by atoms with E-state index in [1.807, 2.05) is 12.1 Å². The van der Waals surface area contributed by atoms with Crippen LogP contribution in [0.2, 0.25) is 0 Å². The van der Waals surface area contributed by atoms with Gasteiger partial charge in [0.15, 0.2) is 11.5 Å². The first kappa shape index (κ1) is 5.59. The molecule has 0 bridgehead atoms. The van der Waals surface area contributed by atoms with Gasteiger partial charge in [-0.25, -0.2) is 0 Å². The smallest absolute Gasteiger partial charge is 0.164 e. The number of hydrogen-bond acceptors (Lipinski definition) is 2. The molecule has 1 aliphatic rings. The largest absolute Gasteiger partial charge is 0.504 e. The average Bonchev–Trinajstić information content (AvgIpc) is 2.36. The SMILES string of the molecule is Oc1cccc2c1OCC2. The van der Waals surface area contributed by atoms with Crippen molar-refractivity contribution in [1.29, 1.82) is 0 Å². The molecule has 10 heavy (non-hydrogen) atoms. The van der Waals surface area contributed by atoms with Gasteiger partial charge in [-0.1, -0.05) is 12.1 Å². The van der Waals surface area contributed by atoms with Crippen molar-refractivity contribution in [2.24, 2.45) is 0 Å². The van der Waals surface area contributed by atoms with Crippen LogP contribution < -0.4 is 4.74 Å². The third kappa shape index (κ3) is 0.652. The average molecular weight is 136 g/mol. The van der Waals surface area contributed by atoms with Gasteiger partial charge in [-0.2, -0.15) is 0 Å². The number of aromatic hydroxyl groups is 1. The molecule has 0 fully saturated rings. The van der Waals surface area contributed by atoms with E-state index >= 15 is 0 Å². The fraction of sp³-hybridized carbons (Fsp3) is 0.250. The maximum atomic E-state index is 9.21. The van der Waals surface area contributed by atoms with Crippen LogP contribution in [-0.2, 0) is 6.42 Å². The summed E-state index contributed by atoms with van der Waals surface area (Å²) in [5.41, 5.74) is 1.11. The summed E-state index contributed by atoms with van der Waals surface area (Å²) in [5, 5.41) is 9.21. The minimum atomic E-state index is 0.259. The molecule has 1 aliphatic heterocycles. The zero-order chi connectivity index (χ0) is 6.97. The third-order valence-corrected chi connectivity index (χ3v) is 1.69. The van der Waals surface area contributed by atoms with Crippen LogP contribution in [0.3, 0.4) is 0 Å². The molecule has 52 valence electrons. The van der Waals surface area contributed by atoms with E-state index in [4.69, 9.17) is 4.74 Å². The molecule has 0 atom stereocenters. The number of phenolic OH excluding ortho intramolecular Hbond substituents is 1. The molecule has 2 nitrogen and oxygen atoms in total. The van der Waals surface area contributed by atoms with Gasteiger partial charge in [-0.3, -0.25) is 0 Å². The molecule has 1 heterocycles. The normalized spacial score (nSPS) is 14.4. The van der Waals surface area contributed by atoms with Crippen molar-refractivity contribution in [2.45, 2.75) is 6.42 Å². The van der Waals surface area contributed by atoms with Crippen LogP contribution in [0.15, 0.2) is 18.2 Å². The number of fused-ring (bicyclic) bond motifs is 1. The van der Waals surface area contributed by atoms with Crippen molar-refractivity contribution < 1.29 is 9.84 Å². The zero-order valence-corrected chi connectivity index (χ0v) is 5.50. The second kappa shape index (κ2) is 1.90. The predicted molar refractivity (Wildman–Crippen MR) is 37.3 cm³/mol. The molecule has 0 amide bonds.